The van der Waals surface area contributed by atoms with Crippen LogP contribution in [0.3, 0.4) is 0 Å². The number of likely N-dealkylation sites (tertiary alicyclic amines) is 1. The molecule has 1 saturated carbocycles. The lowest BCUT2D eigenvalue weighted by Crippen LogP contribution is -2.56. The number of aliphatic hydroxyl groups excluding tert-OH is 1. The minimum Gasteiger partial charge on any atom is -0.390 e. The Balaban J connectivity index is 1.40. The van der Waals surface area contributed by atoms with E-state index in [-0.39, 0.29) is 5.91 Å². The van der Waals surface area contributed by atoms with Gasteiger partial charge in [0.15, 0.2) is 0 Å². The van der Waals surface area contributed by atoms with Crippen molar-refractivity contribution in [3.8, 4) is 0 Å². The summed E-state index contributed by atoms with van der Waals surface area (Å²) in [6.45, 7) is 1.93. The lowest BCUT2D eigenvalue weighted by Gasteiger charge is -2.46. The van der Waals surface area contributed by atoms with Gasteiger partial charge in [-0.15, -0.1) is 0 Å². The van der Waals surface area contributed by atoms with E-state index in [2.05, 4.69) is 9.97 Å². The van der Waals surface area contributed by atoms with Crippen LogP contribution >= 0.6 is 0 Å². The van der Waals surface area contributed by atoms with Crippen molar-refractivity contribution in [2.75, 3.05) is 19.7 Å². The van der Waals surface area contributed by atoms with Gasteiger partial charge >= 0.3 is 0 Å². The highest BCUT2D eigenvalue weighted by atomic mass is 16.5. The average molecular weight is 317 g/mol. The summed E-state index contributed by atoms with van der Waals surface area (Å²) in [6, 6.07) is 0. The molecular weight excluding hydrogens is 294 g/mol. The number of aliphatic hydroxyl groups is 1. The molecule has 1 aromatic rings. The summed E-state index contributed by atoms with van der Waals surface area (Å²) in [5.41, 5.74) is 0.108. The standard InChI is InChI=1S/C17H23N3O3/c21-14-2-1-9-23-17(14)5-7-20(8-6-17)16(22)13-10-18-15(19-11-13)12-3-4-12/h10-12,14,21H,1-9H2. The minimum atomic E-state index is -0.443. The quantitative estimate of drug-likeness (QED) is 0.894. The molecule has 1 unspecified atom stereocenters. The van der Waals surface area contributed by atoms with Gasteiger partial charge in [-0.2, -0.15) is 0 Å². The maximum atomic E-state index is 12.6. The van der Waals surface area contributed by atoms with Gasteiger partial charge in [-0.1, -0.05) is 0 Å². The Bertz CT molecular complexity index is 577. The van der Waals surface area contributed by atoms with Crippen molar-refractivity contribution in [1.82, 2.24) is 14.9 Å². The second-order valence-electron chi connectivity index (χ2n) is 6.97. The van der Waals surface area contributed by atoms with Crippen molar-refractivity contribution < 1.29 is 14.6 Å². The maximum absolute atomic E-state index is 12.6. The molecular formula is C17H23N3O3. The fraction of sp³-hybridized carbons (Fsp3) is 0.706. The largest absolute Gasteiger partial charge is 0.390 e. The number of aromatic nitrogens is 2. The van der Waals surface area contributed by atoms with Crippen LogP contribution in [0.1, 0.15) is 60.6 Å². The van der Waals surface area contributed by atoms with E-state index < -0.39 is 11.7 Å². The number of rotatable bonds is 2. The number of ether oxygens (including phenoxy) is 1. The van der Waals surface area contributed by atoms with Crippen LogP contribution in [0.2, 0.25) is 0 Å². The molecule has 1 spiro atoms. The summed E-state index contributed by atoms with van der Waals surface area (Å²) in [7, 11) is 0. The Morgan fingerprint density at radius 1 is 1.22 bits per heavy atom. The Morgan fingerprint density at radius 2 is 1.91 bits per heavy atom. The zero-order valence-corrected chi connectivity index (χ0v) is 13.3. The molecule has 1 amide bonds. The molecule has 0 radical (unpaired) electrons. The van der Waals surface area contributed by atoms with Gasteiger partial charge < -0.3 is 14.7 Å². The molecule has 23 heavy (non-hydrogen) atoms. The fourth-order valence-corrected chi connectivity index (χ4v) is 3.66. The van der Waals surface area contributed by atoms with Gasteiger partial charge in [0.2, 0.25) is 0 Å². The molecule has 3 fully saturated rings. The van der Waals surface area contributed by atoms with E-state index in [0.717, 1.165) is 31.5 Å². The minimum absolute atomic E-state index is 0.0208. The second-order valence-corrected chi connectivity index (χ2v) is 6.97. The van der Waals surface area contributed by atoms with Gasteiger partial charge in [-0.25, -0.2) is 9.97 Å². The maximum Gasteiger partial charge on any atom is 0.256 e. The summed E-state index contributed by atoms with van der Waals surface area (Å²) >= 11 is 0. The van der Waals surface area contributed by atoms with Crippen LogP contribution in [0.25, 0.3) is 0 Å². The van der Waals surface area contributed by atoms with E-state index in [1.165, 1.54) is 0 Å². The summed E-state index contributed by atoms with van der Waals surface area (Å²) in [5.74, 6) is 1.34. The first-order chi connectivity index (χ1) is 11.2. The van der Waals surface area contributed by atoms with Crippen LogP contribution in [-0.4, -0.2) is 57.3 Å². The van der Waals surface area contributed by atoms with Crippen molar-refractivity contribution in [1.29, 1.82) is 0 Å². The summed E-state index contributed by atoms with van der Waals surface area (Å²) in [4.78, 5) is 23.1. The molecule has 2 aliphatic heterocycles. The molecule has 6 heteroatoms. The first-order valence-electron chi connectivity index (χ1n) is 8.61. The lowest BCUT2D eigenvalue weighted by atomic mass is 9.82. The van der Waals surface area contributed by atoms with Crippen LogP contribution in [0.15, 0.2) is 12.4 Å². The molecule has 0 bridgehead atoms. The number of nitrogens with zero attached hydrogens (tertiary/aromatic N) is 3. The molecule has 6 nitrogen and oxygen atoms in total. The highest BCUT2D eigenvalue weighted by molar-refractivity contribution is 5.93. The van der Waals surface area contributed by atoms with Crippen LogP contribution in [0.5, 0.6) is 0 Å². The van der Waals surface area contributed by atoms with E-state index in [4.69, 9.17) is 4.74 Å². The molecule has 1 aliphatic carbocycles. The first-order valence-corrected chi connectivity index (χ1v) is 8.61. The van der Waals surface area contributed by atoms with Crippen molar-refractivity contribution >= 4 is 5.91 Å². The molecule has 2 saturated heterocycles. The predicted molar refractivity (Wildman–Crippen MR) is 83.1 cm³/mol. The van der Waals surface area contributed by atoms with Crippen molar-refractivity contribution in [2.45, 2.75) is 56.1 Å². The monoisotopic (exact) mass is 317 g/mol. The van der Waals surface area contributed by atoms with E-state index in [1.54, 1.807) is 12.4 Å². The third kappa shape index (κ3) is 2.85. The van der Waals surface area contributed by atoms with Crippen molar-refractivity contribution in [3.63, 3.8) is 0 Å². The average Bonchev–Trinajstić information content (AvgIpc) is 3.43. The number of carbonyl (C=O) groups excluding carboxylic acids is 1. The molecule has 3 aliphatic rings. The van der Waals surface area contributed by atoms with Crippen LogP contribution in [0, 0.1) is 0 Å². The van der Waals surface area contributed by atoms with Gasteiger partial charge in [0, 0.05) is 38.0 Å². The Hall–Kier alpha value is -1.53. The van der Waals surface area contributed by atoms with Gasteiger partial charge in [0.25, 0.3) is 5.91 Å². The van der Waals surface area contributed by atoms with Crippen LogP contribution < -0.4 is 0 Å². The fourth-order valence-electron chi connectivity index (χ4n) is 3.66. The van der Waals surface area contributed by atoms with Gasteiger partial charge in [-0.3, -0.25) is 4.79 Å². The third-order valence-electron chi connectivity index (χ3n) is 5.38. The Morgan fingerprint density at radius 3 is 2.52 bits per heavy atom. The molecule has 124 valence electrons. The molecule has 4 rings (SSSR count). The summed E-state index contributed by atoms with van der Waals surface area (Å²) in [6.07, 6.45) is 8.31. The SMILES string of the molecule is O=C(c1cnc(C2CC2)nc1)N1CCC2(CC1)OCCCC2O. The molecule has 3 heterocycles. The van der Waals surface area contributed by atoms with Crippen LogP contribution in [-0.2, 0) is 4.74 Å². The Labute approximate surface area is 135 Å². The zero-order valence-electron chi connectivity index (χ0n) is 13.3. The number of carbonyl (C=O) groups is 1. The van der Waals surface area contributed by atoms with Crippen molar-refractivity contribution in [2.24, 2.45) is 0 Å². The summed E-state index contributed by atoms with van der Waals surface area (Å²) < 4.78 is 5.89. The lowest BCUT2D eigenvalue weighted by molar-refractivity contribution is -0.174. The highest BCUT2D eigenvalue weighted by Gasteiger charge is 2.44. The highest BCUT2D eigenvalue weighted by Crippen LogP contribution is 2.38. The molecule has 1 atom stereocenters. The van der Waals surface area contributed by atoms with Gasteiger partial charge in [0.05, 0.1) is 17.3 Å². The summed E-state index contributed by atoms with van der Waals surface area (Å²) in [5, 5.41) is 10.3. The van der Waals surface area contributed by atoms with E-state index in [1.807, 2.05) is 4.90 Å². The van der Waals surface area contributed by atoms with E-state index in [0.29, 0.717) is 44.0 Å². The molecule has 1 N–H and O–H groups in total. The van der Waals surface area contributed by atoms with E-state index in [9.17, 15) is 9.90 Å². The second kappa shape index (κ2) is 5.83. The predicted octanol–water partition coefficient (Wildman–Crippen LogP) is 1.50. The normalized spacial score (nSPS) is 27.2. The van der Waals surface area contributed by atoms with Crippen LogP contribution in [0.4, 0.5) is 0 Å². The molecule has 1 aromatic heterocycles. The van der Waals surface area contributed by atoms with Gasteiger partial charge in [0.1, 0.15) is 5.82 Å². The smallest absolute Gasteiger partial charge is 0.256 e. The topological polar surface area (TPSA) is 75.6 Å². The number of hydrogen-bond donors (Lipinski definition) is 1. The number of hydrogen-bond acceptors (Lipinski definition) is 5. The van der Waals surface area contributed by atoms with Crippen molar-refractivity contribution in [3.05, 3.63) is 23.8 Å². The first kappa shape index (κ1) is 15.0. The Kier molecular flexibility index (Phi) is 3.81. The zero-order chi connectivity index (χ0) is 15.9. The third-order valence-corrected chi connectivity index (χ3v) is 5.38. The number of amides is 1. The molecule has 0 aromatic carbocycles. The van der Waals surface area contributed by atoms with E-state index >= 15 is 0 Å². The number of piperidine rings is 1. The van der Waals surface area contributed by atoms with Gasteiger partial charge in [-0.05, 0) is 38.5 Å².